The summed E-state index contributed by atoms with van der Waals surface area (Å²) in [5.74, 6) is 1.38. The summed E-state index contributed by atoms with van der Waals surface area (Å²) in [4.78, 5) is 10.7. The topological polar surface area (TPSA) is 77.2 Å². The molecule has 0 aromatic carbocycles. The number of rotatable bonds is 7. The van der Waals surface area contributed by atoms with Gasteiger partial charge in [0.1, 0.15) is 5.82 Å². The maximum atomic E-state index is 10.7. The highest BCUT2D eigenvalue weighted by molar-refractivity contribution is 7.99. The molecule has 0 saturated heterocycles. The van der Waals surface area contributed by atoms with Gasteiger partial charge in [-0.05, 0) is 18.8 Å². The molecule has 0 unspecified atom stereocenters. The quantitative estimate of drug-likeness (QED) is 0.779. The standard InChI is InChI=1S/C14H23N3O3S/c1-10-3-5-11(6-4-10)13-15-16-14(21-9-12(18)19)17(13)7-8-20-2/h10-11H,3-9H2,1-2H3,(H,18,19). The molecule has 0 aliphatic heterocycles. The zero-order chi connectivity index (χ0) is 15.2. The summed E-state index contributed by atoms with van der Waals surface area (Å²) in [6.07, 6.45) is 4.71. The molecule has 1 aliphatic carbocycles. The molecule has 118 valence electrons. The van der Waals surface area contributed by atoms with Crippen molar-refractivity contribution >= 4 is 17.7 Å². The van der Waals surface area contributed by atoms with Crippen molar-refractivity contribution in [1.82, 2.24) is 14.8 Å². The lowest BCUT2D eigenvalue weighted by molar-refractivity contribution is -0.133. The second kappa shape index (κ2) is 7.79. The van der Waals surface area contributed by atoms with Gasteiger partial charge in [-0.1, -0.05) is 31.5 Å². The van der Waals surface area contributed by atoms with Crippen molar-refractivity contribution < 1.29 is 14.6 Å². The lowest BCUT2D eigenvalue weighted by Crippen LogP contribution is -2.17. The number of aliphatic carboxylic acids is 1. The Bertz CT molecular complexity index is 470. The predicted octanol–water partition coefficient (Wildman–Crippen LogP) is 2.39. The van der Waals surface area contributed by atoms with Crippen molar-refractivity contribution in [1.29, 1.82) is 0 Å². The van der Waals surface area contributed by atoms with E-state index in [1.165, 1.54) is 24.6 Å². The van der Waals surface area contributed by atoms with Crippen LogP contribution >= 0.6 is 11.8 Å². The van der Waals surface area contributed by atoms with Gasteiger partial charge in [-0.15, -0.1) is 10.2 Å². The van der Waals surface area contributed by atoms with Crippen LogP contribution < -0.4 is 0 Å². The van der Waals surface area contributed by atoms with Crippen molar-refractivity contribution in [2.24, 2.45) is 5.92 Å². The average molecular weight is 313 g/mol. The van der Waals surface area contributed by atoms with Crippen LogP contribution in [0.15, 0.2) is 5.16 Å². The number of thioether (sulfide) groups is 1. The molecule has 1 aliphatic rings. The van der Waals surface area contributed by atoms with Gasteiger partial charge < -0.3 is 14.4 Å². The Morgan fingerprint density at radius 2 is 2.10 bits per heavy atom. The molecular weight excluding hydrogens is 290 g/mol. The fourth-order valence-corrected chi connectivity index (χ4v) is 3.44. The Labute approximate surface area is 129 Å². The van der Waals surface area contributed by atoms with E-state index in [2.05, 4.69) is 17.1 Å². The minimum absolute atomic E-state index is 0.00676. The molecular formula is C14H23N3O3S. The minimum Gasteiger partial charge on any atom is -0.481 e. The summed E-state index contributed by atoms with van der Waals surface area (Å²) in [5, 5.41) is 18.0. The van der Waals surface area contributed by atoms with E-state index in [1.807, 2.05) is 4.57 Å². The zero-order valence-corrected chi connectivity index (χ0v) is 13.4. The molecule has 7 heteroatoms. The van der Waals surface area contributed by atoms with Crippen LogP contribution in [0.25, 0.3) is 0 Å². The summed E-state index contributed by atoms with van der Waals surface area (Å²) in [6.45, 7) is 3.54. The Balaban J connectivity index is 2.13. The third-order valence-electron chi connectivity index (χ3n) is 3.97. The molecule has 6 nitrogen and oxygen atoms in total. The molecule has 0 radical (unpaired) electrons. The SMILES string of the molecule is COCCn1c(SCC(=O)O)nnc1C1CCC(C)CC1. The van der Waals surface area contributed by atoms with Gasteiger partial charge in [0.05, 0.1) is 12.4 Å². The van der Waals surface area contributed by atoms with Gasteiger partial charge in [-0.25, -0.2) is 0 Å². The average Bonchev–Trinajstić information content (AvgIpc) is 2.86. The highest BCUT2D eigenvalue weighted by Gasteiger charge is 2.25. The number of carboxylic acids is 1. The number of hydrogen-bond donors (Lipinski definition) is 1. The second-order valence-corrected chi connectivity index (χ2v) is 6.57. The van der Waals surface area contributed by atoms with E-state index in [1.54, 1.807) is 7.11 Å². The zero-order valence-electron chi connectivity index (χ0n) is 12.6. The Morgan fingerprint density at radius 3 is 2.71 bits per heavy atom. The number of methoxy groups -OCH3 is 1. The van der Waals surface area contributed by atoms with Gasteiger partial charge in [-0.2, -0.15) is 0 Å². The van der Waals surface area contributed by atoms with Crippen molar-refractivity contribution in [2.75, 3.05) is 19.5 Å². The number of ether oxygens (including phenoxy) is 1. The maximum Gasteiger partial charge on any atom is 0.313 e. The number of nitrogens with zero attached hydrogens (tertiary/aromatic N) is 3. The number of aromatic nitrogens is 3. The number of carboxylic acid groups (broad SMARTS) is 1. The molecule has 21 heavy (non-hydrogen) atoms. The van der Waals surface area contributed by atoms with Crippen LogP contribution in [-0.2, 0) is 16.1 Å². The summed E-state index contributed by atoms with van der Waals surface area (Å²) in [5.41, 5.74) is 0. The van der Waals surface area contributed by atoms with Crippen LogP contribution in [0.2, 0.25) is 0 Å². The normalized spacial score (nSPS) is 22.4. The molecule has 1 saturated carbocycles. The number of carbonyl (C=O) groups is 1. The Kier molecular flexibility index (Phi) is 6.05. The van der Waals surface area contributed by atoms with Gasteiger partial charge in [0.2, 0.25) is 0 Å². The monoisotopic (exact) mass is 313 g/mol. The van der Waals surface area contributed by atoms with Crippen molar-refractivity contribution in [3.8, 4) is 0 Å². The van der Waals surface area contributed by atoms with Crippen LogP contribution in [0.1, 0.15) is 44.3 Å². The predicted molar refractivity (Wildman–Crippen MR) is 80.6 cm³/mol. The molecule has 1 fully saturated rings. The lowest BCUT2D eigenvalue weighted by atomic mass is 9.82. The van der Waals surface area contributed by atoms with E-state index in [9.17, 15) is 4.79 Å². The molecule has 0 amide bonds. The van der Waals surface area contributed by atoms with E-state index in [0.29, 0.717) is 24.2 Å². The van der Waals surface area contributed by atoms with Crippen LogP contribution in [0.3, 0.4) is 0 Å². The Hall–Kier alpha value is -1.08. The van der Waals surface area contributed by atoms with E-state index in [4.69, 9.17) is 9.84 Å². The maximum absolute atomic E-state index is 10.7. The van der Waals surface area contributed by atoms with E-state index in [-0.39, 0.29) is 5.75 Å². The molecule has 0 atom stereocenters. The van der Waals surface area contributed by atoms with Gasteiger partial charge >= 0.3 is 5.97 Å². The Morgan fingerprint density at radius 1 is 1.38 bits per heavy atom. The third-order valence-corrected chi connectivity index (χ3v) is 4.92. The third kappa shape index (κ3) is 4.44. The van der Waals surface area contributed by atoms with Crippen molar-refractivity contribution in [3.63, 3.8) is 0 Å². The van der Waals surface area contributed by atoms with E-state index >= 15 is 0 Å². The molecule has 1 aromatic rings. The van der Waals surface area contributed by atoms with Crippen molar-refractivity contribution in [2.45, 2.75) is 50.2 Å². The number of hydrogen-bond acceptors (Lipinski definition) is 5. The summed E-state index contributed by atoms with van der Waals surface area (Å²) in [6, 6.07) is 0. The van der Waals surface area contributed by atoms with E-state index < -0.39 is 5.97 Å². The van der Waals surface area contributed by atoms with Gasteiger partial charge in [0.15, 0.2) is 5.16 Å². The molecule has 1 aromatic heterocycles. The summed E-state index contributed by atoms with van der Waals surface area (Å²) in [7, 11) is 1.66. The molecule has 0 bridgehead atoms. The summed E-state index contributed by atoms with van der Waals surface area (Å²) < 4.78 is 7.19. The first-order valence-corrected chi connectivity index (χ1v) is 8.37. The minimum atomic E-state index is -0.839. The second-order valence-electron chi connectivity index (χ2n) is 5.62. The van der Waals surface area contributed by atoms with Crippen LogP contribution in [0.5, 0.6) is 0 Å². The molecule has 2 rings (SSSR count). The first kappa shape index (κ1) is 16.3. The van der Waals surface area contributed by atoms with Gasteiger partial charge in [0, 0.05) is 19.6 Å². The van der Waals surface area contributed by atoms with E-state index in [0.717, 1.165) is 24.6 Å². The lowest BCUT2D eigenvalue weighted by Gasteiger charge is -2.26. The van der Waals surface area contributed by atoms with Crippen LogP contribution in [0.4, 0.5) is 0 Å². The fraction of sp³-hybridized carbons (Fsp3) is 0.786. The first-order valence-electron chi connectivity index (χ1n) is 7.38. The van der Waals surface area contributed by atoms with Crippen LogP contribution in [0, 0.1) is 5.92 Å². The highest BCUT2D eigenvalue weighted by Crippen LogP contribution is 2.35. The highest BCUT2D eigenvalue weighted by atomic mass is 32.2. The molecule has 1 heterocycles. The summed E-state index contributed by atoms with van der Waals surface area (Å²) >= 11 is 1.23. The molecule has 0 spiro atoms. The van der Waals surface area contributed by atoms with Crippen LogP contribution in [-0.4, -0.2) is 45.3 Å². The van der Waals surface area contributed by atoms with Gasteiger partial charge in [-0.3, -0.25) is 4.79 Å². The van der Waals surface area contributed by atoms with Crippen molar-refractivity contribution in [3.05, 3.63) is 5.82 Å². The first-order chi connectivity index (χ1) is 10.1. The molecule has 1 N–H and O–H groups in total. The van der Waals surface area contributed by atoms with Gasteiger partial charge in [0.25, 0.3) is 0 Å². The fourth-order valence-electron chi connectivity index (χ4n) is 2.75. The largest absolute Gasteiger partial charge is 0.481 e. The smallest absolute Gasteiger partial charge is 0.313 e.